The molecule has 76 valence electrons. The van der Waals surface area contributed by atoms with Crippen LogP contribution in [0.4, 0.5) is 14.5 Å². The maximum atomic E-state index is 11.9. The van der Waals surface area contributed by atoms with E-state index in [1.54, 1.807) is 18.2 Å². The molecule has 0 aromatic heterocycles. The Labute approximate surface area is 101 Å². The van der Waals surface area contributed by atoms with Crippen LogP contribution >= 0.6 is 38.5 Å². The van der Waals surface area contributed by atoms with Gasteiger partial charge >= 0.3 is 6.43 Å². The van der Waals surface area contributed by atoms with Crippen molar-refractivity contribution in [3.63, 3.8) is 0 Å². The van der Waals surface area contributed by atoms with Crippen molar-refractivity contribution >= 4 is 50.1 Å². The Morgan fingerprint density at radius 2 is 2.14 bits per heavy atom. The molecule has 0 unspecified atom stereocenters. The molecule has 1 aromatic carbocycles. The molecule has 0 aliphatic carbocycles. The Kier molecular flexibility index (Phi) is 4.24. The largest absolute Gasteiger partial charge is 0.321 e. The SMILES string of the molecule is O=C(Nc1ccc(Br)c(I)c1)C(F)F. The van der Waals surface area contributed by atoms with E-state index in [-0.39, 0.29) is 0 Å². The van der Waals surface area contributed by atoms with Crippen LogP contribution in [0.25, 0.3) is 0 Å². The van der Waals surface area contributed by atoms with Crippen molar-refractivity contribution in [3.8, 4) is 0 Å². The van der Waals surface area contributed by atoms with E-state index in [0.717, 1.165) is 8.04 Å². The number of rotatable bonds is 2. The Morgan fingerprint density at radius 3 is 2.64 bits per heavy atom. The highest BCUT2D eigenvalue weighted by atomic mass is 127. The molecular weight excluding hydrogens is 371 g/mol. The summed E-state index contributed by atoms with van der Waals surface area (Å²) in [5.74, 6) is -1.29. The van der Waals surface area contributed by atoms with Gasteiger partial charge in [0, 0.05) is 13.7 Å². The molecule has 0 spiro atoms. The van der Waals surface area contributed by atoms with Crippen molar-refractivity contribution in [2.75, 3.05) is 5.32 Å². The first-order chi connectivity index (χ1) is 6.50. The van der Waals surface area contributed by atoms with E-state index in [1.807, 2.05) is 22.6 Å². The van der Waals surface area contributed by atoms with Gasteiger partial charge < -0.3 is 5.32 Å². The van der Waals surface area contributed by atoms with Gasteiger partial charge in [-0.15, -0.1) is 0 Å². The van der Waals surface area contributed by atoms with Gasteiger partial charge in [-0.3, -0.25) is 4.79 Å². The van der Waals surface area contributed by atoms with Gasteiger partial charge in [0.15, 0.2) is 0 Å². The second-order valence-electron chi connectivity index (χ2n) is 2.42. The zero-order chi connectivity index (χ0) is 10.7. The van der Waals surface area contributed by atoms with Crippen LogP contribution in [0.3, 0.4) is 0 Å². The number of anilines is 1. The average molecular weight is 376 g/mol. The predicted molar refractivity (Wildman–Crippen MR) is 61.5 cm³/mol. The summed E-state index contributed by atoms with van der Waals surface area (Å²) in [6.07, 6.45) is -2.99. The van der Waals surface area contributed by atoms with E-state index in [1.165, 1.54) is 0 Å². The first-order valence-electron chi connectivity index (χ1n) is 3.55. The van der Waals surface area contributed by atoms with Gasteiger partial charge in [-0.05, 0) is 56.7 Å². The van der Waals surface area contributed by atoms with Crippen molar-refractivity contribution in [2.45, 2.75) is 6.43 Å². The van der Waals surface area contributed by atoms with Crippen molar-refractivity contribution in [2.24, 2.45) is 0 Å². The van der Waals surface area contributed by atoms with Crippen LogP contribution in [-0.4, -0.2) is 12.3 Å². The molecule has 0 aliphatic rings. The summed E-state index contributed by atoms with van der Waals surface area (Å²) in [4.78, 5) is 10.6. The fourth-order valence-corrected chi connectivity index (χ4v) is 1.53. The van der Waals surface area contributed by atoms with Crippen LogP contribution in [0.2, 0.25) is 0 Å². The smallest absolute Gasteiger partial charge is 0.315 e. The minimum atomic E-state index is -2.99. The van der Waals surface area contributed by atoms with Gasteiger partial charge in [0.25, 0.3) is 5.91 Å². The number of hydrogen-bond donors (Lipinski definition) is 1. The minimum Gasteiger partial charge on any atom is -0.321 e. The van der Waals surface area contributed by atoms with Gasteiger partial charge in [0.05, 0.1) is 0 Å². The third kappa shape index (κ3) is 3.16. The molecule has 0 atom stereocenters. The van der Waals surface area contributed by atoms with E-state index >= 15 is 0 Å². The highest BCUT2D eigenvalue weighted by molar-refractivity contribution is 14.1. The van der Waals surface area contributed by atoms with Crippen molar-refractivity contribution in [1.82, 2.24) is 0 Å². The van der Waals surface area contributed by atoms with Gasteiger partial charge in [-0.2, -0.15) is 8.78 Å². The number of halogens is 4. The van der Waals surface area contributed by atoms with Crippen LogP contribution < -0.4 is 5.32 Å². The van der Waals surface area contributed by atoms with E-state index in [4.69, 9.17) is 0 Å². The predicted octanol–water partition coefficient (Wildman–Crippen LogP) is 3.26. The average Bonchev–Trinajstić information content (AvgIpc) is 2.11. The van der Waals surface area contributed by atoms with Crippen LogP contribution in [0.5, 0.6) is 0 Å². The number of hydrogen-bond acceptors (Lipinski definition) is 1. The molecule has 0 aliphatic heterocycles. The highest BCUT2D eigenvalue weighted by Crippen LogP contribution is 2.22. The lowest BCUT2D eigenvalue weighted by Gasteiger charge is -2.05. The van der Waals surface area contributed by atoms with Crippen LogP contribution in [0.1, 0.15) is 0 Å². The first kappa shape index (κ1) is 11.8. The number of amides is 1. The molecule has 0 saturated heterocycles. The van der Waals surface area contributed by atoms with Gasteiger partial charge in [0.1, 0.15) is 0 Å². The first-order valence-corrected chi connectivity index (χ1v) is 5.42. The summed E-state index contributed by atoms with van der Waals surface area (Å²) in [5, 5.41) is 2.09. The third-order valence-corrected chi connectivity index (χ3v) is 3.71. The van der Waals surface area contributed by atoms with Crippen molar-refractivity contribution < 1.29 is 13.6 Å². The van der Waals surface area contributed by atoms with Crippen LogP contribution in [-0.2, 0) is 4.79 Å². The number of nitrogens with one attached hydrogen (secondary N) is 1. The van der Waals surface area contributed by atoms with Gasteiger partial charge in [-0.1, -0.05) is 0 Å². The lowest BCUT2D eigenvalue weighted by atomic mass is 10.3. The second kappa shape index (κ2) is 5.01. The summed E-state index contributed by atoms with van der Waals surface area (Å²) in [5.41, 5.74) is 0.364. The molecule has 0 saturated carbocycles. The fraction of sp³-hybridized carbons (Fsp3) is 0.125. The lowest BCUT2D eigenvalue weighted by molar-refractivity contribution is -0.126. The number of carbonyl (C=O) groups excluding carboxylic acids is 1. The second-order valence-corrected chi connectivity index (χ2v) is 4.44. The topological polar surface area (TPSA) is 29.1 Å². The minimum absolute atomic E-state index is 0.364. The Bertz CT molecular complexity index is 359. The molecule has 0 bridgehead atoms. The van der Waals surface area contributed by atoms with E-state index in [9.17, 15) is 13.6 Å². The van der Waals surface area contributed by atoms with Crippen molar-refractivity contribution in [1.29, 1.82) is 0 Å². The zero-order valence-electron chi connectivity index (χ0n) is 6.73. The van der Waals surface area contributed by atoms with Crippen LogP contribution in [0.15, 0.2) is 22.7 Å². The summed E-state index contributed by atoms with van der Waals surface area (Å²) < 4.78 is 25.4. The molecule has 1 amide bonds. The molecule has 1 N–H and O–H groups in total. The molecule has 0 radical (unpaired) electrons. The number of alkyl halides is 2. The lowest BCUT2D eigenvalue weighted by Crippen LogP contribution is -2.20. The Balaban J connectivity index is 2.78. The standard InChI is InChI=1S/C8H5BrF2INO/c9-5-2-1-4(3-6(5)12)13-8(14)7(10)11/h1-3,7H,(H,13,14). The Hall–Kier alpha value is -0.240. The molecule has 1 aromatic rings. The molecule has 0 fully saturated rings. The van der Waals surface area contributed by atoms with Gasteiger partial charge in [-0.25, -0.2) is 0 Å². The van der Waals surface area contributed by atoms with Crippen molar-refractivity contribution in [3.05, 3.63) is 26.2 Å². The molecule has 6 heteroatoms. The maximum absolute atomic E-state index is 11.9. The Morgan fingerprint density at radius 1 is 1.50 bits per heavy atom. The maximum Gasteiger partial charge on any atom is 0.315 e. The monoisotopic (exact) mass is 375 g/mol. The summed E-state index contributed by atoms with van der Waals surface area (Å²) in [7, 11) is 0. The molecule has 0 heterocycles. The third-order valence-electron chi connectivity index (χ3n) is 1.39. The summed E-state index contributed by atoms with van der Waals surface area (Å²) in [6, 6.07) is 4.83. The fourth-order valence-electron chi connectivity index (χ4n) is 0.771. The molecule has 14 heavy (non-hydrogen) atoms. The highest BCUT2D eigenvalue weighted by Gasteiger charge is 2.14. The van der Waals surface area contributed by atoms with Crippen LogP contribution in [0, 0.1) is 3.57 Å². The van der Waals surface area contributed by atoms with Gasteiger partial charge in [0.2, 0.25) is 0 Å². The summed E-state index contributed by atoms with van der Waals surface area (Å²) >= 11 is 5.28. The quantitative estimate of drug-likeness (QED) is 0.790. The summed E-state index contributed by atoms with van der Waals surface area (Å²) in [6.45, 7) is 0. The normalized spacial score (nSPS) is 10.4. The molecule has 2 nitrogen and oxygen atoms in total. The zero-order valence-corrected chi connectivity index (χ0v) is 10.5. The van der Waals surface area contributed by atoms with E-state index in [0.29, 0.717) is 5.69 Å². The van der Waals surface area contributed by atoms with E-state index < -0.39 is 12.3 Å². The molecule has 1 rings (SSSR count). The number of benzene rings is 1. The number of carbonyl (C=O) groups is 1. The molecular formula is C8H5BrF2INO. The van der Waals surface area contributed by atoms with E-state index in [2.05, 4.69) is 21.2 Å².